The Kier molecular flexibility index (Phi) is 3.76. The van der Waals surface area contributed by atoms with Gasteiger partial charge >= 0.3 is 6.18 Å². The standard InChI is InChI=1S/C16H20F3N/c17-16(18,19)15-6-2-5-14(20-15)10-11-7-8-12-3-1-4-13(12)9-11/h7-9,14-15,20H,1-6,10H2. The van der Waals surface area contributed by atoms with E-state index in [1.807, 2.05) is 0 Å². The summed E-state index contributed by atoms with van der Waals surface area (Å²) >= 11 is 0. The summed E-state index contributed by atoms with van der Waals surface area (Å²) in [6.07, 6.45) is 1.77. The zero-order valence-electron chi connectivity index (χ0n) is 11.5. The van der Waals surface area contributed by atoms with Crippen molar-refractivity contribution in [3.8, 4) is 0 Å². The van der Waals surface area contributed by atoms with Crippen molar-refractivity contribution in [3.05, 3.63) is 34.9 Å². The Labute approximate surface area is 117 Å². The number of nitrogens with one attached hydrogen (secondary N) is 1. The number of hydrogen-bond donors (Lipinski definition) is 1. The quantitative estimate of drug-likeness (QED) is 0.870. The molecule has 110 valence electrons. The molecule has 1 saturated heterocycles. The van der Waals surface area contributed by atoms with Gasteiger partial charge in [-0.25, -0.2) is 0 Å². The van der Waals surface area contributed by atoms with Gasteiger partial charge in [0.05, 0.1) is 0 Å². The number of rotatable bonds is 2. The lowest BCUT2D eigenvalue weighted by atomic mass is 9.92. The molecule has 0 amide bonds. The van der Waals surface area contributed by atoms with Gasteiger partial charge in [-0.15, -0.1) is 0 Å². The topological polar surface area (TPSA) is 12.0 Å². The lowest BCUT2D eigenvalue weighted by Crippen LogP contribution is -2.51. The third-order valence-electron chi connectivity index (χ3n) is 4.52. The molecule has 0 radical (unpaired) electrons. The van der Waals surface area contributed by atoms with Crippen molar-refractivity contribution in [1.82, 2.24) is 5.32 Å². The maximum atomic E-state index is 12.8. The number of hydrogen-bond acceptors (Lipinski definition) is 1. The molecule has 2 unspecified atom stereocenters. The summed E-state index contributed by atoms with van der Waals surface area (Å²) in [6.45, 7) is 0. The molecule has 3 rings (SSSR count). The molecule has 1 aromatic carbocycles. The van der Waals surface area contributed by atoms with E-state index < -0.39 is 12.2 Å². The monoisotopic (exact) mass is 283 g/mol. The predicted octanol–water partition coefficient (Wildman–Crippen LogP) is 3.79. The van der Waals surface area contributed by atoms with E-state index in [2.05, 4.69) is 23.5 Å². The van der Waals surface area contributed by atoms with Gasteiger partial charge in [-0.1, -0.05) is 18.2 Å². The summed E-state index contributed by atoms with van der Waals surface area (Å²) in [4.78, 5) is 0. The summed E-state index contributed by atoms with van der Waals surface area (Å²) in [5.41, 5.74) is 3.98. The van der Waals surface area contributed by atoms with Gasteiger partial charge in [0.1, 0.15) is 6.04 Å². The zero-order valence-corrected chi connectivity index (χ0v) is 11.5. The minimum absolute atomic E-state index is 0.0465. The molecule has 1 aromatic rings. The van der Waals surface area contributed by atoms with E-state index in [-0.39, 0.29) is 12.5 Å². The number of benzene rings is 1. The molecule has 1 heterocycles. The number of alkyl halides is 3. The second kappa shape index (κ2) is 5.40. The highest BCUT2D eigenvalue weighted by molar-refractivity contribution is 5.35. The third kappa shape index (κ3) is 3.00. The van der Waals surface area contributed by atoms with Crippen LogP contribution in [0.4, 0.5) is 13.2 Å². The zero-order chi connectivity index (χ0) is 14.2. The molecule has 20 heavy (non-hydrogen) atoms. The van der Waals surface area contributed by atoms with Crippen molar-refractivity contribution < 1.29 is 13.2 Å². The van der Waals surface area contributed by atoms with Gasteiger partial charge in [0.15, 0.2) is 0 Å². The van der Waals surface area contributed by atoms with Gasteiger partial charge in [0.2, 0.25) is 0 Å². The first kappa shape index (κ1) is 13.9. The van der Waals surface area contributed by atoms with Crippen LogP contribution in [0.5, 0.6) is 0 Å². The summed E-state index contributed by atoms with van der Waals surface area (Å²) in [5.74, 6) is 0. The van der Waals surface area contributed by atoms with Gasteiger partial charge in [0.25, 0.3) is 0 Å². The van der Waals surface area contributed by atoms with E-state index >= 15 is 0 Å². The van der Waals surface area contributed by atoms with Crippen LogP contribution in [-0.4, -0.2) is 18.3 Å². The van der Waals surface area contributed by atoms with E-state index in [1.165, 1.54) is 23.1 Å². The van der Waals surface area contributed by atoms with Crippen molar-refractivity contribution in [2.45, 2.75) is 63.2 Å². The highest BCUT2D eigenvalue weighted by atomic mass is 19.4. The first-order chi connectivity index (χ1) is 9.52. The predicted molar refractivity (Wildman–Crippen MR) is 72.8 cm³/mol. The van der Waals surface area contributed by atoms with Gasteiger partial charge in [-0.05, 0) is 61.6 Å². The first-order valence-electron chi connectivity index (χ1n) is 7.46. The Morgan fingerprint density at radius 3 is 2.65 bits per heavy atom. The Hall–Kier alpha value is -1.03. The van der Waals surface area contributed by atoms with E-state index in [0.29, 0.717) is 12.8 Å². The fourth-order valence-corrected chi connectivity index (χ4v) is 3.48. The molecular weight excluding hydrogens is 263 g/mol. The Morgan fingerprint density at radius 2 is 1.85 bits per heavy atom. The van der Waals surface area contributed by atoms with E-state index in [9.17, 15) is 13.2 Å². The SMILES string of the molecule is FC(F)(F)C1CCCC(Cc2ccc3c(c2)CCC3)N1. The van der Waals surface area contributed by atoms with Crippen LogP contribution < -0.4 is 5.32 Å². The van der Waals surface area contributed by atoms with Crippen molar-refractivity contribution in [3.63, 3.8) is 0 Å². The fraction of sp³-hybridized carbons (Fsp3) is 0.625. The van der Waals surface area contributed by atoms with Crippen LogP contribution in [0, 0.1) is 0 Å². The molecule has 1 fully saturated rings. The number of piperidine rings is 1. The molecule has 1 aliphatic carbocycles. The molecule has 0 aromatic heterocycles. The van der Waals surface area contributed by atoms with Gasteiger partial charge in [0, 0.05) is 6.04 Å². The summed E-state index contributed by atoms with van der Waals surface area (Å²) < 4.78 is 38.3. The Morgan fingerprint density at radius 1 is 1.05 bits per heavy atom. The van der Waals surface area contributed by atoms with Crippen LogP contribution in [0.1, 0.15) is 42.4 Å². The molecule has 2 atom stereocenters. The molecule has 0 spiro atoms. The van der Waals surface area contributed by atoms with E-state index in [0.717, 1.165) is 19.3 Å². The smallest absolute Gasteiger partial charge is 0.303 e. The summed E-state index contributed by atoms with van der Waals surface area (Å²) in [5, 5.41) is 2.78. The molecule has 1 nitrogen and oxygen atoms in total. The van der Waals surface area contributed by atoms with Crippen molar-refractivity contribution >= 4 is 0 Å². The summed E-state index contributed by atoms with van der Waals surface area (Å²) in [6, 6.07) is 5.07. The van der Waals surface area contributed by atoms with Crippen LogP contribution in [0.25, 0.3) is 0 Å². The first-order valence-corrected chi connectivity index (χ1v) is 7.46. The minimum atomic E-state index is -4.11. The Bertz CT molecular complexity index is 481. The maximum Gasteiger partial charge on any atom is 0.403 e. The molecular formula is C16H20F3N. The molecule has 4 heteroatoms. The van der Waals surface area contributed by atoms with Crippen LogP contribution >= 0.6 is 0 Å². The maximum absolute atomic E-state index is 12.8. The number of aryl methyl sites for hydroxylation is 2. The molecule has 2 aliphatic rings. The van der Waals surface area contributed by atoms with Gasteiger partial charge < -0.3 is 5.32 Å². The molecule has 0 saturated carbocycles. The van der Waals surface area contributed by atoms with Crippen LogP contribution in [0.3, 0.4) is 0 Å². The number of halogens is 3. The van der Waals surface area contributed by atoms with Crippen LogP contribution in [-0.2, 0) is 19.3 Å². The largest absolute Gasteiger partial charge is 0.403 e. The van der Waals surface area contributed by atoms with Crippen molar-refractivity contribution in [2.24, 2.45) is 0 Å². The Balaban J connectivity index is 1.65. The summed E-state index contributed by atoms with van der Waals surface area (Å²) in [7, 11) is 0. The number of fused-ring (bicyclic) bond motifs is 1. The molecule has 1 N–H and O–H groups in total. The average molecular weight is 283 g/mol. The van der Waals surface area contributed by atoms with Crippen LogP contribution in [0.15, 0.2) is 18.2 Å². The van der Waals surface area contributed by atoms with Crippen LogP contribution in [0.2, 0.25) is 0 Å². The van der Waals surface area contributed by atoms with Crippen molar-refractivity contribution in [1.29, 1.82) is 0 Å². The molecule has 1 aliphatic heterocycles. The highest BCUT2D eigenvalue weighted by Gasteiger charge is 2.41. The van der Waals surface area contributed by atoms with Gasteiger partial charge in [-0.2, -0.15) is 13.2 Å². The van der Waals surface area contributed by atoms with Gasteiger partial charge in [-0.3, -0.25) is 0 Å². The lowest BCUT2D eigenvalue weighted by molar-refractivity contribution is -0.163. The van der Waals surface area contributed by atoms with E-state index in [1.54, 1.807) is 0 Å². The second-order valence-electron chi connectivity index (χ2n) is 6.05. The van der Waals surface area contributed by atoms with Crippen molar-refractivity contribution in [2.75, 3.05) is 0 Å². The second-order valence-corrected chi connectivity index (χ2v) is 6.05. The minimum Gasteiger partial charge on any atom is -0.303 e. The molecule has 0 bridgehead atoms. The third-order valence-corrected chi connectivity index (χ3v) is 4.52. The highest BCUT2D eigenvalue weighted by Crippen LogP contribution is 2.29. The fourth-order valence-electron chi connectivity index (χ4n) is 3.48. The lowest BCUT2D eigenvalue weighted by Gasteiger charge is -2.32. The average Bonchev–Trinajstić information content (AvgIpc) is 2.85. The normalized spacial score (nSPS) is 26.6. The van der Waals surface area contributed by atoms with E-state index in [4.69, 9.17) is 0 Å².